The third-order valence-electron chi connectivity index (χ3n) is 6.00. The van der Waals surface area contributed by atoms with Crippen molar-refractivity contribution < 1.29 is 27.9 Å². The summed E-state index contributed by atoms with van der Waals surface area (Å²) in [5.74, 6) is -2.98. The molecule has 0 bridgehead atoms. The minimum Gasteiger partial charge on any atom is -0.475 e. The second kappa shape index (κ2) is 12.8. The fraction of sp³-hybridized carbons (Fsp3) is 0.138. The van der Waals surface area contributed by atoms with Crippen LogP contribution in [0, 0.1) is 0 Å². The van der Waals surface area contributed by atoms with Crippen molar-refractivity contribution in [3.8, 4) is 22.4 Å². The molecule has 2 aromatic carbocycles. The number of amides is 1. The number of aliphatic carboxylic acids is 1. The van der Waals surface area contributed by atoms with Crippen molar-refractivity contribution in [1.29, 1.82) is 0 Å². The number of aromatic nitrogens is 4. The lowest BCUT2D eigenvalue weighted by Gasteiger charge is -2.14. The molecule has 0 aliphatic heterocycles. The number of rotatable bonds is 7. The molecule has 0 radical (unpaired) electrons. The van der Waals surface area contributed by atoms with E-state index in [1.54, 1.807) is 12.4 Å². The zero-order valence-corrected chi connectivity index (χ0v) is 21.5. The van der Waals surface area contributed by atoms with Gasteiger partial charge in [0.2, 0.25) is 0 Å². The Morgan fingerprint density at radius 2 is 1.68 bits per heavy atom. The summed E-state index contributed by atoms with van der Waals surface area (Å²) >= 11 is 0. The molecule has 5 N–H and O–H groups in total. The zero-order chi connectivity index (χ0) is 29.4. The van der Waals surface area contributed by atoms with Gasteiger partial charge in [-0.3, -0.25) is 14.9 Å². The van der Waals surface area contributed by atoms with Crippen LogP contribution in [0.4, 0.5) is 13.2 Å². The number of nitrogens with one attached hydrogen (secondary N) is 2. The number of carbonyl (C=O) groups excluding carboxylic acids is 1. The first kappa shape index (κ1) is 28.9. The molecule has 210 valence electrons. The van der Waals surface area contributed by atoms with Gasteiger partial charge in [0.05, 0.1) is 17.4 Å². The van der Waals surface area contributed by atoms with Gasteiger partial charge >= 0.3 is 12.1 Å². The first-order chi connectivity index (χ1) is 19.7. The van der Waals surface area contributed by atoms with Crippen LogP contribution >= 0.6 is 0 Å². The van der Waals surface area contributed by atoms with Gasteiger partial charge in [-0.05, 0) is 35.2 Å². The van der Waals surface area contributed by atoms with Crippen LogP contribution in [0.3, 0.4) is 0 Å². The van der Waals surface area contributed by atoms with E-state index in [1.807, 2.05) is 72.9 Å². The Morgan fingerprint density at radius 1 is 0.976 bits per heavy atom. The molecule has 0 fully saturated rings. The molecule has 0 unspecified atom stereocenters. The highest BCUT2D eigenvalue weighted by atomic mass is 19.4. The second-order valence-corrected chi connectivity index (χ2v) is 8.79. The van der Waals surface area contributed by atoms with Gasteiger partial charge in [0.25, 0.3) is 5.91 Å². The summed E-state index contributed by atoms with van der Waals surface area (Å²) in [6, 6.07) is 22.0. The number of aromatic amines is 1. The van der Waals surface area contributed by atoms with Crippen molar-refractivity contribution in [2.24, 2.45) is 5.73 Å². The molecule has 0 saturated heterocycles. The highest BCUT2D eigenvalue weighted by Gasteiger charge is 2.38. The maximum Gasteiger partial charge on any atom is 0.490 e. The van der Waals surface area contributed by atoms with Gasteiger partial charge in [-0.15, -0.1) is 0 Å². The Kier molecular flexibility index (Phi) is 9.05. The van der Waals surface area contributed by atoms with Gasteiger partial charge < -0.3 is 16.2 Å². The molecule has 0 aliphatic rings. The number of benzene rings is 2. The molecule has 5 rings (SSSR count). The predicted molar refractivity (Wildman–Crippen MR) is 147 cm³/mol. The van der Waals surface area contributed by atoms with E-state index in [2.05, 4.69) is 20.5 Å². The highest BCUT2D eigenvalue weighted by molar-refractivity contribution is 6.06. The average molecular weight is 563 g/mol. The maximum absolute atomic E-state index is 13.0. The van der Waals surface area contributed by atoms with Crippen molar-refractivity contribution in [2.75, 3.05) is 6.54 Å². The second-order valence-electron chi connectivity index (χ2n) is 8.79. The lowest BCUT2D eigenvalue weighted by atomic mass is 9.96. The summed E-state index contributed by atoms with van der Waals surface area (Å²) in [6.07, 6.45) is 0.799. The minimum absolute atomic E-state index is 0.227. The smallest absolute Gasteiger partial charge is 0.475 e. The minimum atomic E-state index is -5.08. The number of alkyl halides is 3. The Morgan fingerprint density at radius 3 is 2.29 bits per heavy atom. The van der Waals surface area contributed by atoms with Crippen molar-refractivity contribution in [2.45, 2.75) is 19.1 Å². The Balaban J connectivity index is 0.000000493. The van der Waals surface area contributed by atoms with Crippen molar-refractivity contribution in [1.82, 2.24) is 25.5 Å². The molecule has 1 amide bonds. The third kappa shape index (κ3) is 7.31. The number of fused-ring (bicyclic) bond motifs is 1. The third-order valence-corrected chi connectivity index (χ3v) is 6.00. The topological polar surface area (TPSA) is 147 Å². The maximum atomic E-state index is 13.0. The lowest BCUT2D eigenvalue weighted by Crippen LogP contribution is -2.26. The summed E-state index contributed by atoms with van der Waals surface area (Å²) in [6.45, 7) is 0.975. The fourth-order valence-electron chi connectivity index (χ4n) is 3.95. The van der Waals surface area contributed by atoms with Gasteiger partial charge in [0, 0.05) is 42.0 Å². The standard InChI is InChI=1S/C27H24N6O.C2HF3O2/c28-15-18-6-8-21(9-7-18)25-22(20-4-2-1-3-5-20)14-23-24(33-25)11-13-29-26(23)27(34)30-12-10-19-16-31-32-17-19;3-2(4,5)1(6)7/h1-9,11,13-14,16-17H,10,12,15,28H2,(H,30,34)(H,31,32);(H,6,7). The van der Waals surface area contributed by atoms with E-state index in [0.717, 1.165) is 33.5 Å². The first-order valence-electron chi connectivity index (χ1n) is 12.4. The predicted octanol–water partition coefficient (Wildman–Crippen LogP) is 4.75. The summed E-state index contributed by atoms with van der Waals surface area (Å²) in [5.41, 5.74) is 12.7. The molecule has 3 heterocycles. The van der Waals surface area contributed by atoms with Crippen LogP contribution in [0.2, 0.25) is 0 Å². The molecule has 9 nitrogen and oxygen atoms in total. The summed E-state index contributed by atoms with van der Waals surface area (Å²) in [7, 11) is 0. The number of carbonyl (C=O) groups is 2. The Labute approximate surface area is 232 Å². The Bertz CT molecular complexity index is 1620. The molecular formula is C29H25F3N6O3. The van der Waals surface area contributed by atoms with E-state index in [-0.39, 0.29) is 5.91 Å². The van der Waals surface area contributed by atoms with Crippen LogP contribution in [0.25, 0.3) is 33.3 Å². The van der Waals surface area contributed by atoms with E-state index < -0.39 is 12.1 Å². The number of carboxylic acid groups (broad SMARTS) is 1. The lowest BCUT2D eigenvalue weighted by molar-refractivity contribution is -0.192. The largest absolute Gasteiger partial charge is 0.490 e. The van der Waals surface area contributed by atoms with E-state index in [9.17, 15) is 18.0 Å². The number of hydrogen-bond donors (Lipinski definition) is 4. The summed E-state index contributed by atoms with van der Waals surface area (Å²) in [5, 5.41) is 17.5. The summed E-state index contributed by atoms with van der Waals surface area (Å²) < 4.78 is 31.7. The quantitative estimate of drug-likeness (QED) is 0.224. The molecule has 12 heteroatoms. The van der Waals surface area contributed by atoms with Crippen molar-refractivity contribution in [3.05, 3.63) is 102 Å². The molecule has 0 spiro atoms. The van der Waals surface area contributed by atoms with Crippen LogP contribution in [-0.2, 0) is 17.8 Å². The number of nitrogens with zero attached hydrogens (tertiary/aromatic N) is 3. The number of pyridine rings is 2. The van der Waals surface area contributed by atoms with Crippen LogP contribution in [0.5, 0.6) is 0 Å². The van der Waals surface area contributed by atoms with E-state index in [1.165, 1.54) is 0 Å². The van der Waals surface area contributed by atoms with Crippen LogP contribution in [-0.4, -0.2) is 49.9 Å². The number of carboxylic acids is 1. The fourth-order valence-corrected chi connectivity index (χ4v) is 3.95. The molecule has 0 atom stereocenters. The number of hydrogen-bond acceptors (Lipinski definition) is 6. The SMILES string of the molecule is NCc1ccc(-c2nc3ccnc(C(=O)NCCc4cn[nH]c4)c3cc2-c2ccccc2)cc1.O=C(O)C(F)(F)F. The number of nitrogens with two attached hydrogens (primary N) is 1. The van der Waals surface area contributed by atoms with E-state index in [4.69, 9.17) is 20.6 Å². The average Bonchev–Trinajstić information content (AvgIpc) is 3.50. The van der Waals surface area contributed by atoms with Gasteiger partial charge in [-0.25, -0.2) is 9.78 Å². The Hall–Kier alpha value is -5.10. The number of halogens is 3. The van der Waals surface area contributed by atoms with Gasteiger partial charge in [0.1, 0.15) is 5.69 Å². The molecule has 0 aliphatic carbocycles. The van der Waals surface area contributed by atoms with Gasteiger partial charge in [0.15, 0.2) is 0 Å². The van der Waals surface area contributed by atoms with E-state index in [0.29, 0.717) is 36.1 Å². The monoisotopic (exact) mass is 562 g/mol. The van der Waals surface area contributed by atoms with E-state index >= 15 is 0 Å². The summed E-state index contributed by atoms with van der Waals surface area (Å²) in [4.78, 5) is 31.3. The van der Waals surface area contributed by atoms with Crippen LogP contribution in [0.15, 0.2) is 85.3 Å². The molecule has 5 aromatic rings. The zero-order valence-electron chi connectivity index (χ0n) is 21.5. The van der Waals surface area contributed by atoms with Gasteiger partial charge in [-0.1, -0.05) is 54.6 Å². The van der Waals surface area contributed by atoms with Crippen molar-refractivity contribution >= 4 is 22.8 Å². The van der Waals surface area contributed by atoms with Crippen LogP contribution < -0.4 is 11.1 Å². The molecule has 41 heavy (non-hydrogen) atoms. The molecule has 0 saturated carbocycles. The molecule has 3 aromatic heterocycles. The number of H-pyrrole nitrogens is 1. The van der Waals surface area contributed by atoms with Crippen LogP contribution in [0.1, 0.15) is 21.6 Å². The molecular weight excluding hydrogens is 537 g/mol. The van der Waals surface area contributed by atoms with Gasteiger partial charge in [-0.2, -0.15) is 18.3 Å². The highest BCUT2D eigenvalue weighted by Crippen LogP contribution is 2.34. The normalized spacial score (nSPS) is 11.0. The first-order valence-corrected chi connectivity index (χ1v) is 12.4. The van der Waals surface area contributed by atoms with Crippen molar-refractivity contribution in [3.63, 3.8) is 0 Å².